The Balaban J connectivity index is 3.27. The Morgan fingerprint density at radius 2 is 1.88 bits per heavy atom. The van der Waals surface area contributed by atoms with Crippen molar-refractivity contribution in [1.29, 1.82) is 0 Å². The number of hydrogen-bond acceptors (Lipinski definition) is 3. The summed E-state index contributed by atoms with van der Waals surface area (Å²) in [5, 5.41) is 3.47. The van der Waals surface area contributed by atoms with E-state index in [0.717, 1.165) is 32.7 Å². The first-order valence-corrected chi connectivity index (χ1v) is 7.10. The van der Waals surface area contributed by atoms with Crippen LogP contribution in [-0.4, -0.2) is 50.3 Å². The molecular formula is C14H32N2O. The molecule has 1 unspecified atom stereocenters. The Hall–Kier alpha value is -0.120. The normalized spacial score (nSPS) is 13.6. The van der Waals surface area contributed by atoms with Gasteiger partial charge in [-0.25, -0.2) is 0 Å². The highest BCUT2D eigenvalue weighted by Crippen LogP contribution is 2.02. The molecule has 0 saturated carbocycles. The molecule has 3 heteroatoms. The lowest BCUT2D eigenvalue weighted by Crippen LogP contribution is -2.35. The molecule has 0 fully saturated rings. The van der Waals surface area contributed by atoms with Crippen molar-refractivity contribution in [1.82, 2.24) is 10.2 Å². The van der Waals surface area contributed by atoms with E-state index in [1.165, 1.54) is 12.8 Å². The van der Waals surface area contributed by atoms with Crippen LogP contribution in [0.1, 0.15) is 47.0 Å². The standard InChI is InChI=1S/C14H32N2O/c1-6-8-14(4)16(5)11-10-15-9-7-12-17-13(2)3/h13-15H,6-12H2,1-5H3. The van der Waals surface area contributed by atoms with Gasteiger partial charge in [0.25, 0.3) is 0 Å². The topological polar surface area (TPSA) is 24.5 Å². The van der Waals surface area contributed by atoms with Crippen LogP contribution in [0.3, 0.4) is 0 Å². The van der Waals surface area contributed by atoms with Crippen LogP contribution in [0.5, 0.6) is 0 Å². The average Bonchev–Trinajstić information content (AvgIpc) is 2.27. The molecule has 1 atom stereocenters. The Bertz CT molecular complexity index is 162. The van der Waals surface area contributed by atoms with Crippen LogP contribution in [0.4, 0.5) is 0 Å². The van der Waals surface area contributed by atoms with E-state index in [0.29, 0.717) is 12.1 Å². The van der Waals surface area contributed by atoms with Gasteiger partial charge in [0, 0.05) is 25.7 Å². The molecule has 0 aromatic rings. The molecule has 0 spiro atoms. The SMILES string of the molecule is CCCC(C)N(C)CCNCCCOC(C)C. The van der Waals surface area contributed by atoms with Crippen molar-refractivity contribution in [3.63, 3.8) is 0 Å². The van der Waals surface area contributed by atoms with Gasteiger partial charge in [-0.3, -0.25) is 0 Å². The van der Waals surface area contributed by atoms with E-state index < -0.39 is 0 Å². The van der Waals surface area contributed by atoms with Crippen molar-refractivity contribution in [2.45, 2.75) is 59.1 Å². The van der Waals surface area contributed by atoms with E-state index in [1.54, 1.807) is 0 Å². The largest absolute Gasteiger partial charge is 0.379 e. The number of ether oxygens (including phenoxy) is 1. The summed E-state index contributed by atoms with van der Waals surface area (Å²) >= 11 is 0. The summed E-state index contributed by atoms with van der Waals surface area (Å²) in [6, 6.07) is 0.700. The molecule has 0 aliphatic rings. The maximum Gasteiger partial charge on any atom is 0.0518 e. The van der Waals surface area contributed by atoms with Gasteiger partial charge in [0.15, 0.2) is 0 Å². The second kappa shape index (κ2) is 11.0. The zero-order valence-electron chi connectivity index (χ0n) is 12.5. The molecule has 0 radical (unpaired) electrons. The Morgan fingerprint density at radius 3 is 2.47 bits per heavy atom. The van der Waals surface area contributed by atoms with Crippen LogP contribution in [0.25, 0.3) is 0 Å². The van der Waals surface area contributed by atoms with E-state index in [2.05, 4.69) is 45.0 Å². The fourth-order valence-electron chi connectivity index (χ4n) is 1.76. The van der Waals surface area contributed by atoms with E-state index in [9.17, 15) is 0 Å². The van der Waals surface area contributed by atoms with Crippen molar-refractivity contribution < 1.29 is 4.74 Å². The molecule has 0 heterocycles. The zero-order valence-corrected chi connectivity index (χ0v) is 12.5. The summed E-state index contributed by atoms with van der Waals surface area (Å²) in [6.45, 7) is 12.8. The molecule has 0 aromatic heterocycles. The predicted molar refractivity (Wildman–Crippen MR) is 75.6 cm³/mol. The molecule has 0 bridgehead atoms. The van der Waals surface area contributed by atoms with Gasteiger partial charge in [-0.2, -0.15) is 0 Å². The van der Waals surface area contributed by atoms with E-state index in [1.807, 2.05) is 0 Å². The second-order valence-electron chi connectivity index (χ2n) is 5.14. The number of hydrogen-bond donors (Lipinski definition) is 1. The average molecular weight is 244 g/mol. The summed E-state index contributed by atoms with van der Waals surface area (Å²) in [5.74, 6) is 0. The first-order valence-electron chi connectivity index (χ1n) is 7.10. The van der Waals surface area contributed by atoms with Gasteiger partial charge in [0.1, 0.15) is 0 Å². The lowest BCUT2D eigenvalue weighted by Gasteiger charge is -2.24. The van der Waals surface area contributed by atoms with Gasteiger partial charge < -0.3 is 15.0 Å². The summed E-state index contributed by atoms with van der Waals surface area (Å²) in [4.78, 5) is 2.43. The van der Waals surface area contributed by atoms with E-state index in [4.69, 9.17) is 4.74 Å². The van der Waals surface area contributed by atoms with Crippen LogP contribution in [0, 0.1) is 0 Å². The van der Waals surface area contributed by atoms with Crippen molar-refractivity contribution in [3.8, 4) is 0 Å². The zero-order chi connectivity index (χ0) is 13.1. The third kappa shape index (κ3) is 10.7. The quantitative estimate of drug-likeness (QED) is 0.565. The van der Waals surface area contributed by atoms with Crippen molar-refractivity contribution in [3.05, 3.63) is 0 Å². The predicted octanol–water partition coefficient (Wildman–Crippen LogP) is 2.51. The van der Waals surface area contributed by atoms with Gasteiger partial charge in [-0.05, 0) is 47.2 Å². The highest BCUT2D eigenvalue weighted by molar-refractivity contribution is 4.63. The molecule has 104 valence electrons. The first-order chi connectivity index (χ1) is 8.07. The lowest BCUT2D eigenvalue weighted by atomic mass is 10.2. The molecule has 0 aromatic carbocycles. The van der Waals surface area contributed by atoms with Crippen LogP contribution in [0.15, 0.2) is 0 Å². The number of nitrogens with one attached hydrogen (secondary N) is 1. The first kappa shape index (κ1) is 16.9. The molecule has 3 nitrogen and oxygen atoms in total. The van der Waals surface area contributed by atoms with Crippen molar-refractivity contribution in [2.24, 2.45) is 0 Å². The van der Waals surface area contributed by atoms with Gasteiger partial charge in [0.05, 0.1) is 6.10 Å². The lowest BCUT2D eigenvalue weighted by molar-refractivity contribution is 0.0770. The van der Waals surface area contributed by atoms with Crippen molar-refractivity contribution in [2.75, 3.05) is 33.3 Å². The van der Waals surface area contributed by atoms with Crippen molar-refractivity contribution >= 4 is 0 Å². The molecule has 17 heavy (non-hydrogen) atoms. The number of rotatable bonds is 11. The fraction of sp³-hybridized carbons (Fsp3) is 1.00. The minimum atomic E-state index is 0.357. The molecular weight excluding hydrogens is 212 g/mol. The number of nitrogens with zero attached hydrogens (tertiary/aromatic N) is 1. The van der Waals surface area contributed by atoms with Gasteiger partial charge in [0.2, 0.25) is 0 Å². The van der Waals surface area contributed by atoms with Gasteiger partial charge in [-0.1, -0.05) is 13.3 Å². The summed E-state index contributed by atoms with van der Waals surface area (Å²) < 4.78 is 5.49. The summed E-state index contributed by atoms with van der Waals surface area (Å²) in [7, 11) is 2.21. The molecule has 0 aliphatic carbocycles. The van der Waals surface area contributed by atoms with Crippen LogP contribution < -0.4 is 5.32 Å². The molecule has 0 aliphatic heterocycles. The molecule has 1 N–H and O–H groups in total. The van der Waals surface area contributed by atoms with Crippen LogP contribution >= 0.6 is 0 Å². The third-order valence-electron chi connectivity index (χ3n) is 3.05. The molecule has 0 amide bonds. The van der Waals surface area contributed by atoms with Crippen LogP contribution in [0.2, 0.25) is 0 Å². The second-order valence-corrected chi connectivity index (χ2v) is 5.14. The maximum atomic E-state index is 5.49. The Kier molecular flexibility index (Phi) is 10.9. The molecule has 0 saturated heterocycles. The van der Waals surface area contributed by atoms with Gasteiger partial charge in [-0.15, -0.1) is 0 Å². The fourth-order valence-corrected chi connectivity index (χ4v) is 1.76. The smallest absolute Gasteiger partial charge is 0.0518 e. The van der Waals surface area contributed by atoms with Gasteiger partial charge >= 0.3 is 0 Å². The minimum Gasteiger partial charge on any atom is -0.379 e. The summed E-state index contributed by atoms with van der Waals surface area (Å²) in [5.41, 5.74) is 0. The third-order valence-corrected chi connectivity index (χ3v) is 3.05. The maximum absolute atomic E-state index is 5.49. The monoisotopic (exact) mass is 244 g/mol. The van der Waals surface area contributed by atoms with E-state index in [-0.39, 0.29) is 0 Å². The van der Waals surface area contributed by atoms with E-state index >= 15 is 0 Å². The Morgan fingerprint density at radius 1 is 1.18 bits per heavy atom. The molecule has 0 rings (SSSR count). The number of likely N-dealkylation sites (N-methyl/N-ethyl adjacent to an activating group) is 1. The Labute approximate surface area is 108 Å². The minimum absolute atomic E-state index is 0.357. The van der Waals surface area contributed by atoms with Crippen LogP contribution in [-0.2, 0) is 4.74 Å². The summed E-state index contributed by atoms with van der Waals surface area (Å²) in [6.07, 6.45) is 4.02. The highest BCUT2D eigenvalue weighted by Gasteiger charge is 2.06. The highest BCUT2D eigenvalue weighted by atomic mass is 16.5.